The van der Waals surface area contributed by atoms with E-state index in [0.29, 0.717) is 47.5 Å². The number of amides is 1. The fourth-order valence-corrected chi connectivity index (χ4v) is 4.28. The van der Waals surface area contributed by atoms with E-state index in [1.807, 2.05) is 30.0 Å². The lowest BCUT2D eigenvalue weighted by Gasteiger charge is -2.25. The SMILES string of the molecule is CCNc1ncc(Br)cc1C(=O)N(CCc1ccc(Cl)c(Cl)c1)Cc1ccc(C(C)(C)C)cc1. The molecule has 0 aliphatic rings. The van der Waals surface area contributed by atoms with Gasteiger partial charge >= 0.3 is 0 Å². The number of pyridine rings is 1. The molecule has 34 heavy (non-hydrogen) atoms. The van der Waals surface area contributed by atoms with Crippen molar-refractivity contribution in [3.05, 3.63) is 91.5 Å². The minimum absolute atomic E-state index is 0.0740. The number of carbonyl (C=O) groups excluding carboxylic acids is 1. The molecule has 0 saturated carbocycles. The van der Waals surface area contributed by atoms with Gasteiger partial charge in [0, 0.05) is 30.3 Å². The topological polar surface area (TPSA) is 45.2 Å². The van der Waals surface area contributed by atoms with Gasteiger partial charge in [0.05, 0.1) is 15.6 Å². The number of halogens is 3. The van der Waals surface area contributed by atoms with Crippen LogP contribution < -0.4 is 5.32 Å². The summed E-state index contributed by atoms with van der Waals surface area (Å²) in [6.07, 6.45) is 2.35. The molecule has 1 amide bonds. The highest BCUT2D eigenvalue weighted by molar-refractivity contribution is 9.10. The highest BCUT2D eigenvalue weighted by atomic mass is 79.9. The van der Waals surface area contributed by atoms with Crippen molar-refractivity contribution in [1.82, 2.24) is 9.88 Å². The molecule has 0 saturated heterocycles. The van der Waals surface area contributed by atoms with Crippen molar-refractivity contribution in [2.75, 3.05) is 18.4 Å². The van der Waals surface area contributed by atoms with Crippen LogP contribution in [0.3, 0.4) is 0 Å². The molecule has 180 valence electrons. The standard InChI is InChI=1S/C27H30BrCl2N3O/c1-5-31-25-22(15-21(28)16-32-25)26(34)33(13-12-18-8-11-23(29)24(30)14-18)17-19-6-9-20(10-7-19)27(2,3)4/h6-11,14-16H,5,12-13,17H2,1-4H3,(H,31,32). The van der Waals surface area contributed by atoms with E-state index in [0.717, 1.165) is 15.6 Å². The van der Waals surface area contributed by atoms with Crippen molar-refractivity contribution in [3.63, 3.8) is 0 Å². The molecule has 0 atom stereocenters. The van der Waals surface area contributed by atoms with Gasteiger partial charge in [0.2, 0.25) is 0 Å². The Morgan fingerprint density at radius 3 is 2.32 bits per heavy atom. The predicted molar refractivity (Wildman–Crippen MR) is 146 cm³/mol. The Balaban J connectivity index is 1.90. The second-order valence-corrected chi connectivity index (χ2v) is 11.0. The molecular weight excluding hydrogens is 533 g/mol. The van der Waals surface area contributed by atoms with Crippen LogP contribution in [0.25, 0.3) is 0 Å². The van der Waals surface area contributed by atoms with Gasteiger partial charge in [-0.3, -0.25) is 4.79 Å². The Labute approximate surface area is 220 Å². The number of aromatic nitrogens is 1. The molecule has 0 bridgehead atoms. The molecule has 3 rings (SSSR count). The lowest BCUT2D eigenvalue weighted by molar-refractivity contribution is 0.0745. The number of nitrogens with zero attached hydrogens (tertiary/aromatic N) is 2. The summed E-state index contributed by atoms with van der Waals surface area (Å²) < 4.78 is 0.761. The summed E-state index contributed by atoms with van der Waals surface area (Å²) in [6.45, 7) is 10.2. The van der Waals surface area contributed by atoms with Gasteiger partial charge in [-0.15, -0.1) is 0 Å². The number of hydrogen-bond acceptors (Lipinski definition) is 3. The summed E-state index contributed by atoms with van der Waals surface area (Å²) in [7, 11) is 0. The molecule has 0 unspecified atom stereocenters. The van der Waals surface area contributed by atoms with Gasteiger partial charge < -0.3 is 10.2 Å². The molecule has 0 radical (unpaired) electrons. The number of anilines is 1. The second kappa shape index (κ2) is 11.6. The summed E-state index contributed by atoms with van der Waals surface area (Å²) in [5.41, 5.74) is 3.97. The fraction of sp³-hybridized carbons (Fsp3) is 0.333. The number of nitrogens with one attached hydrogen (secondary N) is 1. The van der Waals surface area contributed by atoms with Gasteiger partial charge in [0.15, 0.2) is 0 Å². The zero-order chi connectivity index (χ0) is 24.9. The van der Waals surface area contributed by atoms with E-state index >= 15 is 0 Å². The molecular formula is C27H30BrCl2N3O. The van der Waals surface area contributed by atoms with Gasteiger partial charge in [-0.2, -0.15) is 0 Å². The Morgan fingerprint density at radius 1 is 1.03 bits per heavy atom. The smallest absolute Gasteiger partial charge is 0.257 e. The molecule has 1 aromatic heterocycles. The van der Waals surface area contributed by atoms with Crippen LogP contribution in [0.2, 0.25) is 10.0 Å². The van der Waals surface area contributed by atoms with Crippen LogP contribution in [-0.4, -0.2) is 28.9 Å². The lowest BCUT2D eigenvalue weighted by Crippen LogP contribution is -2.33. The van der Waals surface area contributed by atoms with Gasteiger partial charge in [0.25, 0.3) is 5.91 Å². The molecule has 1 heterocycles. The highest BCUT2D eigenvalue weighted by Crippen LogP contribution is 2.26. The minimum Gasteiger partial charge on any atom is -0.370 e. The van der Waals surface area contributed by atoms with E-state index in [4.69, 9.17) is 23.2 Å². The number of carbonyl (C=O) groups is 1. The molecule has 0 fully saturated rings. The highest BCUT2D eigenvalue weighted by Gasteiger charge is 2.21. The van der Waals surface area contributed by atoms with E-state index in [1.54, 1.807) is 12.3 Å². The van der Waals surface area contributed by atoms with Gasteiger partial charge in [-0.1, -0.05) is 74.3 Å². The van der Waals surface area contributed by atoms with Gasteiger partial charge in [-0.25, -0.2) is 4.98 Å². The van der Waals surface area contributed by atoms with Crippen LogP contribution in [0, 0.1) is 0 Å². The maximum absolute atomic E-state index is 13.7. The van der Waals surface area contributed by atoms with Crippen LogP contribution in [0.4, 0.5) is 5.82 Å². The van der Waals surface area contributed by atoms with Crippen LogP contribution in [0.1, 0.15) is 54.7 Å². The molecule has 7 heteroatoms. The predicted octanol–water partition coefficient (Wildman–Crippen LogP) is 7.77. The van der Waals surface area contributed by atoms with Crippen LogP contribution in [-0.2, 0) is 18.4 Å². The Morgan fingerprint density at radius 2 is 1.71 bits per heavy atom. The van der Waals surface area contributed by atoms with Crippen molar-refractivity contribution >= 4 is 50.9 Å². The summed E-state index contributed by atoms with van der Waals surface area (Å²) >= 11 is 15.7. The summed E-state index contributed by atoms with van der Waals surface area (Å²) in [5.74, 6) is 0.503. The van der Waals surface area contributed by atoms with Crippen molar-refractivity contribution < 1.29 is 4.79 Å². The quantitative estimate of drug-likeness (QED) is 0.305. The van der Waals surface area contributed by atoms with E-state index in [9.17, 15) is 4.79 Å². The molecule has 0 aliphatic heterocycles. The first-order chi connectivity index (χ1) is 16.1. The zero-order valence-corrected chi connectivity index (χ0v) is 23.1. The van der Waals surface area contributed by atoms with E-state index in [2.05, 4.69) is 71.3 Å². The third kappa shape index (κ3) is 6.97. The summed E-state index contributed by atoms with van der Waals surface area (Å²) in [6, 6.07) is 15.9. The van der Waals surface area contributed by atoms with Gasteiger partial charge in [-0.05, 0) is 69.6 Å². The van der Waals surface area contributed by atoms with E-state index in [-0.39, 0.29) is 11.3 Å². The molecule has 1 N–H and O–H groups in total. The third-order valence-electron chi connectivity index (χ3n) is 5.56. The maximum atomic E-state index is 13.7. The maximum Gasteiger partial charge on any atom is 0.257 e. The summed E-state index contributed by atoms with van der Waals surface area (Å²) in [4.78, 5) is 20.0. The number of rotatable bonds is 8. The third-order valence-corrected chi connectivity index (χ3v) is 6.74. The zero-order valence-electron chi connectivity index (χ0n) is 20.0. The number of benzene rings is 2. The van der Waals surface area contributed by atoms with E-state index < -0.39 is 0 Å². The Hall–Kier alpha value is -2.08. The normalized spacial score (nSPS) is 11.4. The molecule has 4 nitrogen and oxygen atoms in total. The lowest BCUT2D eigenvalue weighted by atomic mass is 9.87. The van der Waals surface area contributed by atoms with Crippen LogP contribution in [0.5, 0.6) is 0 Å². The minimum atomic E-state index is -0.0790. The van der Waals surface area contributed by atoms with Crippen molar-refractivity contribution in [3.8, 4) is 0 Å². The average Bonchev–Trinajstić information content (AvgIpc) is 2.79. The monoisotopic (exact) mass is 561 g/mol. The first-order valence-electron chi connectivity index (χ1n) is 11.3. The number of hydrogen-bond donors (Lipinski definition) is 1. The second-order valence-electron chi connectivity index (χ2n) is 9.25. The first-order valence-corrected chi connectivity index (χ1v) is 12.9. The molecule has 0 aliphatic carbocycles. The molecule has 0 spiro atoms. The van der Waals surface area contributed by atoms with Crippen LogP contribution in [0.15, 0.2) is 59.2 Å². The molecule has 3 aromatic rings. The fourth-order valence-electron chi connectivity index (χ4n) is 3.62. The average molecular weight is 563 g/mol. The van der Waals surface area contributed by atoms with E-state index in [1.165, 1.54) is 5.56 Å². The largest absolute Gasteiger partial charge is 0.370 e. The van der Waals surface area contributed by atoms with Crippen molar-refractivity contribution in [2.45, 2.75) is 46.1 Å². The molecule has 2 aromatic carbocycles. The van der Waals surface area contributed by atoms with Crippen molar-refractivity contribution in [2.24, 2.45) is 0 Å². The Kier molecular flexibility index (Phi) is 9.02. The first kappa shape index (κ1) is 26.5. The summed E-state index contributed by atoms with van der Waals surface area (Å²) in [5, 5.41) is 4.24. The van der Waals surface area contributed by atoms with Crippen molar-refractivity contribution in [1.29, 1.82) is 0 Å². The van der Waals surface area contributed by atoms with Gasteiger partial charge in [0.1, 0.15) is 5.82 Å². The Bertz CT molecular complexity index is 1140. The van der Waals surface area contributed by atoms with Crippen LogP contribution >= 0.6 is 39.1 Å².